The van der Waals surface area contributed by atoms with Crippen LogP contribution in [0.25, 0.3) is 10.9 Å². The molecule has 1 fully saturated rings. The van der Waals surface area contributed by atoms with E-state index in [-0.39, 0.29) is 0 Å². The Morgan fingerprint density at radius 1 is 0.969 bits per heavy atom. The van der Waals surface area contributed by atoms with E-state index in [2.05, 4.69) is 40.1 Å². The van der Waals surface area contributed by atoms with E-state index in [1.54, 1.807) is 11.9 Å². The number of Topliss-reactive ketones (excluding diaryl/α,β-unsaturated/α-hetero) is 1. The molecule has 0 radical (unpaired) electrons. The lowest BCUT2D eigenvalue weighted by molar-refractivity contribution is -0.125. The molecule has 6 nitrogen and oxygen atoms in total. The van der Waals surface area contributed by atoms with Gasteiger partial charge in [0.15, 0.2) is 0 Å². The number of hydrogen-bond donors (Lipinski definition) is 3. The van der Waals surface area contributed by atoms with Crippen LogP contribution in [0.5, 0.6) is 0 Å². The average molecular weight is 433 g/mol. The summed E-state index contributed by atoms with van der Waals surface area (Å²) in [7, 11) is 1.72. The lowest BCUT2D eigenvalue weighted by atomic mass is 9.99. The molecule has 0 aliphatic carbocycles. The van der Waals surface area contributed by atoms with Crippen molar-refractivity contribution in [3.63, 3.8) is 0 Å². The van der Waals surface area contributed by atoms with Crippen molar-refractivity contribution in [2.75, 3.05) is 13.6 Å². The number of aromatic nitrogens is 1. The topological polar surface area (TPSA) is 77.2 Å². The van der Waals surface area contributed by atoms with Gasteiger partial charge in [-0.15, -0.1) is 0 Å². The Kier molecular flexibility index (Phi) is 7.02. The zero-order valence-corrected chi connectivity index (χ0v) is 18.9. The number of amides is 1. The quantitative estimate of drug-likeness (QED) is 0.268. The fourth-order valence-electron chi connectivity index (χ4n) is 4.58. The summed E-state index contributed by atoms with van der Waals surface area (Å²) in [6.07, 6.45) is 5.21. The summed E-state index contributed by atoms with van der Waals surface area (Å²) < 4.78 is 0. The molecular weight excluding hydrogens is 400 g/mol. The molecule has 2 aromatic carbocycles. The second-order valence-corrected chi connectivity index (χ2v) is 8.76. The molecule has 0 bridgehead atoms. The number of likely N-dealkylation sites (N-methyl/N-ethyl adjacent to an activating group) is 1. The van der Waals surface area contributed by atoms with Crippen molar-refractivity contribution in [2.24, 2.45) is 0 Å². The lowest BCUT2D eigenvalue weighted by Crippen LogP contribution is -2.34. The normalized spacial score (nSPS) is 18.2. The minimum Gasteiger partial charge on any atom is -0.358 e. The van der Waals surface area contributed by atoms with Crippen LogP contribution in [-0.4, -0.2) is 41.2 Å². The van der Waals surface area contributed by atoms with E-state index in [9.17, 15) is 9.59 Å². The number of H-pyrrole nitrogens is 1. The molecule has 3 N–H and O–H groups in total. The average Bonchev–Trinajstić information content (AvgIpc) is 3.42. The number of nitrogens with zero attached hydrogens (tertiary/aromatic N) is 1. The van der Waals surface area contributed by atoms with E-state index in [1.807, 2.05) is 37.3 Å². The van der Waals surface area contributed by atoms with Crippen LogP contribution in [0.4, 0.5) is 0 Å². The van der Waals surface area contributed by atoms with E-state index >= 15 is 0 Å². The third-order valence-corrected chi connectivity index (χ3v) is 6.39. The van der Waals surface area contributed by atoms with Gasteiger partial charge in [-0.1, -0.05) is 61.4 Å². The van der Waals surface area contributed by atoms with Gasteiger partial charge in [0.05, 0.1) is 5.56 Å². The lowest BCUT2D eigenvalue weighted by Gasteiger charge is -2.16. The van der Waals surface area contributed by atoms with Crippen LogP contribution in [0.1, 0.15) is 59.8 Å². The number of ketones is 1. The summed E-state index contributed by atoms with van der Waals surface area (Å²) in [5, 5.41) is 0.809. The number of unbranched alkanes of at least 4 members (excludes halogenated alkanes) is 2. The predicted molar refractivity (Wildman–Crippen MR) is 127 cm³/mol. The zero-order valence-electron chi connectivity index (χ0n) is 18.9. The summed E-state index contributed by atoms with van der Waals surface area (Å²) in [6, 6.07) is 18.9. The van der Waals surface area contributed by atoms with Crippen molar-refractivity contribution in [2.45, 2.75) is 51.1 Å². The number of carbonyl (C=O) groups excluding carboxylic acids is 2. The number of carbonyl (C=O) groups is 2. The Balaban J connectivity index is 1.20. The fourth-order valence-corrected chi connectivity index (χ4v) is 4.58. The minimum absolute atomic E-state index is 0.365. The SMILES string of the molecule is Cc1[nH]c2ccccc2c1C(=O)C(=O)N(C)CCCCCC1CC(c2ccccc2)NN1. The van der Waals surface area contributed by atoms with E-state index in [0.29, 0.717) is 24.2 Å². The minimum atomic E-state index is -0.440. The summed E-state index contributed by atoms with van der Waals surface area (Å²) in [6.45, 7) is 2.43. The molecule has 2 heterocycles. The van der Waals surface area contributed by atoms with Crippen molar-refractivity contribution in [1.29, 1.82) is 0 Å². The molecule has 6 heteroatoms. The largest absolute Gasteiger partial charge is 0.358 e. The Labute approximate surface area is 189 Å². The number of aryl methyl sites for hydroxylation is 1. The maximum atomic E-state index is 12.9. The van der Waals surface area contributed by atoms with Gasteiger partial charge in [-0.2, -0.15) is 0 Å². The van der Waals surface area contributed by atoms with Crippen molar-refractivity contribution in [1.82, 2.24) is 20.7 Å². The van der Waals surface area contributed by atoms with Crippen LogP contribution >= 0.6 is 0 Å². The molecule has 1 aliphatic rings. The Morgan fingerprint density at radius 3 is 2.53 bits per heavy atom. The molecule has 168 valence electrons. The zero-order chi connectivity index (χ0) is 22.5. The summed E-state index contributed by atoms with van der Waals surface area (Å²) in [4.78, 5) is 30.4. The molecule has 2 atom stereocenters. The van der Waals surface area contributed by atoms with Crippen LogP contribution in [0.15, 0.2) is 54.6 Å². The van der Waals surface area contributed by atoms with Crippen molar-refractivity contribution >= 4 is 22.6 Å². The Bertz CT molecular complexity index is 1080. The second-order valence-electron chi connectivity index (χ2n) is 8.76. The van der Waals surface area contributed by atoms with E-state index in [0.717, 1.165) is 48.7 Å². The first kappa shape index (κ1) is 22.2. The van der Waals surface area contributed by atoms with Gasteiger partial charge in [0.2, 0.25) is 0 Å². The Morgan fingerprint density at radius 2 is 1.72 bits per heavy atom. The second kappa shape index (κ2) is 10.1. The summed E-state index contributed by atoms with van der Waals surface area (Å²) >= 11 is 0. The molecule has 0 saturated carbocycles. The predicted octanol–water partition coefficient (Wildman–Crippen LogP) is 4.29. The molecule has 1 aliphatic heterocycles. The highest BCUT2D eigenvalue weighted by atomic mass is 16.2. The number of hydrazine groups is 1. The third-order valence-electron chi connectivity index (χ3n) is 6.39. The highest BCUT2D eigenvalue weighted by molar-refractivity contribution is 6.45. The maximum absolute atomic E-state index is 12.9. The standard InChI is InChI=1S/C26H32N4O2/c1-18-24(21-14-8-9-15-22(21)27-18)25(31)26(32)30(2)16-10-4-7-13-20-17-23(29-28-20)19-11-5-3-6-12-19/h3,5-6,8-9,11-12,14-15,20,23,27-29H,4,7,10,13,16-17H2,1-2H3. The van der Waals surface area contributed by atoms with Gasteiger partial charge < -0.3 is 9.88 Å². The van der Waals surface area contributed by atoms with Gasteiger partial charge >= 0.3 is 0 Å². The molecule has 32 heavy (non-hydrogen) atoms. The van der Waals surface area contributed by atoms with Crippen molar-refractivity contribution in [3.8, 4) is 0 Å². The van der Waals surface area contributed by atoms with Gasteiger partial charge in [-0.25, -0.2) is 0 Å². The molecule has 3 aromatic rings. The molecule has 0 spiro atoms. The smallest absolute Gasteiger partial charge is 0.294 e. The van der Waals surface area contributed by atoms with Crippen LogP contribution in [0.2, 0.25) is 0 Å². The van der Waals surface area contributed by atoms with Gasteiger partial charge in [0.25, 0.3) is 11.7 Å². The molecular formula is C26H32N4O2. The number of hydrogen-bond acceptors (Lipinski definition) is 4. The van der Waals surface area contributed by atoms with Crippen LogP contribution in [-0.2, 0) is 4.79 Å². The number of para-hydroxylation sites is 1. The van der Waals surface area contributed by atoms with Crippen molar-refractivity contribution < 1.29 is 9.59 Å². The van der Waals surface area contributed by atoms with Gasteiger partial charge in [-0.3, -0.25) is 20.4 Å². The monoisotopic (exact) mass is 432 g/mol. The number of aromatic amines is 1. The molecule has 2 unspecified atom stereocenters. The summed E-state index contributed by atoms with van der Waals surface area (Å²) in [5.41, 5.74) is 10.2. The van der Waals surface area contributed by atoms with Gasteiger partial charge in [-0.05, 0) is 37.8 Å². The van der Waals surface area contributed by atoms with Crippen LogP contribution in [0, 0.1) is 6.92 Å². The highest BCUT2D eigenvalue weighted by Crippen LogP contribution is 2.25. The molecule has 1 amide bonds. The first-order valence-electron chi connectivity index (χ1n) is 11.5. The number of benzene rings is 2. The Hall–Kier alpha value is -2.96. The van der Waals surface area contributed by atoms with Gasteiger partial charge in [0, 0.05) is 42.3 Å². The van der Waals surface area contributed by atoms with E-state index in [4.69, 9.17) is 0 Å². The maximum Gasteiger partial charge on any atom is 0.294 e. The van der Waals surface area contributed by atoms with E-state index < -0.39 is 11.7 Å². The molecule has 1 saturated heterocycles. The van der Waals surface area contributed by atoms with Crippen LogP contribution in [0.3, 0.4) is 0 Å². The first-order valence-corrected chi connectivity index (χ1v) is 11.5. The number of nitrogens with one attached hydrogen (secondary N) is 3. The van der Waals surface area contributed by atoms with Gasteiger partial charge in [0.1, 0.15) is 0 Å². The molecule has 4 rings (SSSR count). The van der Waals surface area contributed by atoms with Crippen LogP contribution < -0.4 is 10.9 Å². The summed E-state index contributed by atoms with van der Waals surface area (Å²) in [5.74, 6) is -0.874. The van der Waals surface area contributed by atoms with Crippen molar-refractivity contribution in [3.05, 3.63) is 71.4 Å². The number of rotatable bonds is 9. The first-order chi connectivity index (χ1) is 15.5. The third kappa shape index (κ3) is 4.92. The molecule has 1 aromatic heterocycles. The highest BCUT2D eigenvalue weighted by Gasteiger charge is 2.26. The number of fused-ring (bicyclic) bond motifs is 1. The fraction of sp³-hybridized carbons (Fsp3) is 0.385. The van der Waals surface area contributed by atoms with E-state index in [1.165, 1.54) is 5.56 Å².